The largest absolute Gasteiger partial charge is 0.419 e. The lowest BCUT2D eigenvalue weighted by atomic mass is 9.87. The Bertz CT molecular complexity index is 1410. The van der Waals surface area contributed by atoms with E-state index in [1.165, 1.54) is 4.57 Å². The minimum Gasteiger partial charge on any atom is -0.408 e. The van der Waals surface area contributed by atoms with Crippen LogP contribution in [-0.4, -0.2) is 16.4 Å². The lowest BCUT2D eigenvalue weighted by Gasteiger charge is -2.19. The van der Waals surface area contributed by atoms with Crippen molar-refractivity contribution in [3.63, 3.8) is 0 Å². The number of nitrogens with zero attached hydrogens (tertiary/aromatic N) is 1. The summed E-state index contributed by atoms with van der Waals surface area (Å²) in [4.78, 5) is 37.5. The van der Waals surface area contributed by atoms with Gasteiger partial charge in [0, 0.05) is 18.5 Å². The monoisotopic (exact) mass is 471 g/mol. The minimum atomic E-state index is -0.435. The summed E-state index contributed by atoms with van der Waals surface area (Å²) in [6.07, 6.45) is 0.673. The number of hydrogen-bond donors (Lipinski definition) is 2. The number of para-hydroxylation sites is 4. The molecule has 2 amide bonds. The second-order valence-electron chi connectivity index (χ2n) is 9.47. The Morgan fingerprint density at radius 3 is 2.17 bits per heavy atom. The number of oxazole rings is 1. The number of aryl methyl sites for hydroxylation is 1. The van der Waals surface area contributed by atoms with Crippen molar-refractivity contribution < 1.29 is 14.0 Å². The number of amides is 2. The average Bonchev–Trinajstić information content (AvgIpc) is 3.15. The van der Waals surface area contributed by atoms with Crippen LogP contribution < -0.4 is 16.4 Å². The van der Waals surface area contributed by atoms with Gasteiger partial charge in [-0.1, -0.05) is 57.2 Å². The predicted molar refractivity (Wildman–Crippen MR) is 138 cm³/mol. The first-order valence-corrected chi connectivity index (χ1v) is 11.6. The van der Waals surface area contributed by atoms with Gasteiger partial charge in [-0.15, -0.1) is 0 Å². The van der Waals surface area contributed by atoms with Crippen LogP contribution >= 0.6 is 0 Å². The molecule has 3 aromatic carbocycles. The van der Waals surface area contributed by atoms with E-state index in [-0.39, 0.29) is 23.7 Å². The molecule has 2 N–H and O–H groups in total. The SMILES string of the molecule is CC(C)(C)c1ccc(C(=O)Nc2ccccc2NC(=O)CCCn2c(=O)oc3ccccc32)cc1. The Morgan fingerprint density at radius 1 is 0.857 bits per heavy atom. The normalized spacial score (nSPS) is 11.4. The molecule has 0 saturated carbocycles. The van der Waals surface area contributed by atoms with Gasteiger partial charge in [0.1, 0.15) is 0 Å². The number of fused-ring (bicyclic) bond motifs is 1. The molecule has 0 aliphatic heterocycles. The van der Waals surface area contributed by atoms with Crippen molar-refractivity contribution in [1.82, 2.24) is 4.57 Å². The van der Waals surface area contributed by atoms with Crippen LogP contribution in [0.5, 0.6) is 0 Å². The van der Waals surface area contributed by atoms with Crippen molar-refractivity contribution >= 4 is 34.3 Å². The van der Waals surface area contributed by atoms with E-state index in [2.05, 4.69) is 31.4 Å². The third-order valence-corrected chi connectivity index (χ3v) is 5.82. The van der Waals surface area contributed by atoms with Crippen LogP contribution in [0.15, 0.2) is 82.0 Å². The number of carbonyl (C=O) groups is 2. The third-order valence-electron chi connectivity index (χ3n) is 5.82. The van der Waals surface area contributed by atoms with E-state index in [4.69, 9.17) is 4.42 Å². The fourth-order valence-electron chi connectivity index (χ4n) is 3.85. The van der Waals surface area contributed by atoms with E-state index in [1.54, 1.807) is 48.5 Å². The Kier molecular flexibility index (Phi) is 6.87. The molecular formula is C28H29N3O4. The number of nitrogens with one attached hydrogen (secondary N) is 2. The topological polar surface area (TPSA) is 93.3 Å². The zero-order valence-electron chi connectivity index (χ0n) is 20.1. The molecule has 0 bridgehead atoms. The summed E-state index contributed by atoms with van der Waals surface area (Å²) in [6.45, 7) is 6.73. The van der Waals surface area contributed by atoms with Gasteiger partial charge >= 0.3 is 5.76 Å². The summed E-state index contributed by atoms with van der Waals surface area (Å²) in [5.74, 6) is -0.893. The summed E-state index contributed by atoms with van der Waals surface area (Å²) in [5.41, 5.74) is 3.96. The Balaban J connectivity index is 1.37. The van der Waals surface area contributed by atoms with Gasteiger partial charge in [0.25, 0.3) is 5.91 Å². The van der Waals surface area contributed by atoms with E-state index in [1.807, 2.05) is 24.3 Å². The maximum Gasteiger partial charge on any atom is 0.419 e. The van der Waals surface area contributed by atoms with Gasteiger partial charge in [-0.05, 0) is 53.8 Å². The highest BCUT2D eigenvalue weighted by atomic mass is 16.4. The molecule has 0 radical (unpaired) electrons. The second kappa shape index (κ2) is 10.0. The maximum absolute atomic E-state index is 12.8. The molecule has 1 aromatic heterocycles. The zero-order chi connectivity index (χ0) is 25.0. The van der Waals surface area contributed by atoms with Crippen LogP contribution in [0.25, 0.3) is 11.1 Å². The number of carbonyl (C=O) groups excluding carboxylic acids is 2. The number of hydrogen-bond acceptors (Lipinski definition) is 4. The molecule has 0 atom stereocenters. The van der Waals surface area contributed by atoms with Crippen molar-refractivity contribution in [1.29, 1.82) is 0 Å². The summed E-state index contributed by atoms with van der Waals surface area (Å²) >= 11 is 0. The van der Waals surface area contributed by atoms with Crippen LogP contribution in [0.1, 0.15) is 49.5 Å². The molecule has 1 heterocycles. The molecular weight excluding hydrogens is 442 g/mol. The van der Waals surface area contributed by atoms with Crippen molar-refractivity contribution in [2.24, 2.45) is 0 Å². The third kappa shape index (κ3) is 5.69. The number of benzene rings is 3. The van der Waals surface area contributed by atoms with E-state index < -0.39 is 5.76 Å². The lowest BCUT2D eigenvalue weighted by molar-refractivity contribution is -0.116. The second-order valence-corrected chi connectivity index (χ2v) is 9.47. The zero-order valence-corrected chi connectivity index (χ0v) is 20.1. The molecule has 0 aliphatic carbocycles. The van der Waals surface area contributed by atoms with Gasteiger partial charge in [0.05, 0.1) is 16.9 Å². The van der Waals surface area contributed by atoms with Gasteiger partial charge in [-0.3, -0.25) is 14.2 Å². The molecule has 0 fully saturated rings. The van der Waals surface area contributed by atoms with Gasteiger partial charge in [-0.2, -0.15) is 0 Å². The highest BCUT2D eigenvalue weighted by Crippen LogP contribution is 2.24. The molecule has 0 spiro atoms. The van der Waals surface area contributed by atoms with Crippen molar-refractivity contribution in [2.75, 3.05) is 10.6 Å². The molecule has 180 valence electrons. The van der Waals surface area contributed by atoms with Crippen molar-refractivity contribution in [2.45, 2.75) is 45.6 Å². The summed E-state index contributed by atoms with van der Waals surface area (Å²) in [5, 5.41) is 5.75. The molecule has 4 rings (SSSR count). The van der Waals surface area contributed by atoms with Crippen LogP contribution in [0, 0.1) is 0 Å². The van der Waals surface area contributed by atoms with E-state index in [9.17, 15) is 14.4 Å². The first-order valence-electron chi connectivity index (χ1n) is 11.6. The molecule has 7 nitrogen and oxygen atoms in total. The van der Waals surface area contributed by atoms with Gasteiger partial charge in [0.15, 0.2) is 5.58 Å². The van der Waals surface area contributed by atoms with E-state index in [0.29, 0.717) is 41.0 Å². The molecule has 0 unspecified atom stereocenters. The molecule has 0 aliphatic rings. The van der Waals surface area contributed by atoms with E-state index >= 15 is 0 Å². The van der Waals surface area contributed by atoms with Gasteiger partial charge in [0.2, 0.25) is 5.91 Å². The van der Waals surface area contributed by atoms with Crippen molar-refractivity contribution in [3.8, 4) is 0 Å². The standard InChI is InChI=1S/C28H29N3O4/c1-28(2,3)20-16-14-19(15-17-20)26(33)30-22-10-5-4-9-21(22)29-25(32)13-8-18-31-23-11-6-7-12-24(23)35-27(31)34/h4-7,9-12,14-17H,8,13,18H2,1-3H3,(H,29,32)(H,30,33). The van der Waals surface area contributed by atoms with Crippen LogP contribution in [0.4, 0.5) is 11.4 Å². The van der Waals surface area contributed by atoms with Crippen LogP contribution in [0.3, 0.4) is 0 Å². The minimum absolute atomic E-state index is 0.00433. The maximum atomic E-state index is 12.8. The highest BCUT2D eigenvalue weighted by molar-refractivity contribution is 6.07. The number of aromatic nitrogens is 1. The fraction of sp³-hybridized carbons (Fsp3) is 0.250. The fourth-order valence-corrected chi connectivity index (χ4v) is 3.85. The van der Waals surface area contributed by atoms with Gasteiger partial charge in [-0.25, -0.2) is 4.79 Å². The summed E-state index contributed by atoms with van der Waals surface area (Å²) < 4.78 is 6.76. The molecule has 7 heteroatoms. The highest BCUT2D eigenvalue weighted by Gasteiger charge is 2.16. The number of anilines is 2. The van der Waals surface area contributed by atoms with Gasteiger partial charge < -0.3 is 15.1 Å². The summed E-state index contributed by atoms with van der Waals surface area (Å²) in [6, 6.07) is 21.8. The quantitative estimate of drug-likeness (QED) is 0.369. The van der Waals surface area contributed by atoms with E-state index in [0.717, 1.165) is 5.56 Å². The Labute approximate surface area is 203 Å². The Hall–Kier alpha value is -4.13. The first-order chi connectivity index (χ1) is 16.7. The molecule has 4 aromatic rings. The average molecular weight is 472 g/mol. The smallest absolute Gasteiger partial charge is 0.408 e. The van der Waals surface area contributed by atoms with Crippen LogP contribution in [0.2, 0.25) is 0 Å². The Morgan fingerprint density at radius 2 is 1.49 bits per heavy atom. The summed E-state index contributed by atoms with van der Waals surface area (Å²) in [7, 11) is 0. The first kappa shape index (κ1) is 24.0. The molecule has 35 heavy (non-hydrogen) atoms. The lowest BCUT2D eigenvalue weighted by Crippen LogP contribution is -2.18. The molecule has 0 saturated heterocycles. The van der Waals surface area contributed by atoms with Crippen molar-refractivity contribution in [3.05, 3.63) is 94.5 Å². The van der Waals surface area contributed by atoms with Crippen LogP contribution in [-0.2, 0) is 16.8 Å². The predicted octanol–water partition coefficient (Wildman–Crippen LogP) is 5.56. The number of rotatable bonds is 7.